The van der Waals surface area contributed by atoms with Crippen molar-refractivity contribution in [3.63, 3.8) is 0 Å². The van der Waals surface area contributed by atoms with E-state index in [-0.39, 0.29) is 5.91 Å². The minimum atomic E-state index is 0.0111. The summed E-state index contributed by atoms with van der Waals surface area (Å²) in [6.07, 6.45) is 4.55. The first-order valence-corrected chi connectivity index (χ1v) is 9.03. The topological polar surface area (TPSA) is 58.1 Å². The lowest BCUT2D eigenvalue weighted by Gasteiger charge is -2.20. The van der Waals surface area contributed by atoms with E-state index in [4.69, 9.17) is 0 Å². The Morgan fingerprint density at radius 1 is 1.00 bits per heavy atom. The first kappa shape index (κ1) is 17.4. The second-order valence-electron chi connectivity index (χ2n) is 6.78. The highest BCUT2D eigenvalue weighted by Crippen LogP contribution is 2.24. The lowest BCUT2D eigenvalue weighted by molar-refractivity contribution is 0.0755. The van der Waals surface area contributed by atoms with Crippen LogP contribution in [0.25, 0.3) is 0 Å². The van der Waals surface area contributed by atoms with Gasteiger partial charge in [-0.1, -0.05) is 31.0 Å². The van der Waals surface area contributed by atoms with Crippen molar-refractivity contribution in [1.82, 2.24) is 14.9 Å². The third-order valence-electron chi connectivity index (χ3n) is 4.68. The van der Waals surface area contributed by atoms with Crippen molar-refractivity contribution >= 4 is 17.4 Å². The number of carbonyl (C=O) groups excluding carboxylic acids is 1. The zero-order valence-corrected chi connectivity index (χ0v) is 15.3. The van der Waals surface area contributed by atoms with Gasteiger partial charge < -0.3 is 10.2 Å². The number of amides is 1. The molecule has 1 amide bonds. The molecule has 25 heavy (non-hydrogen) atoms. The van der Waals surface area contributed by atoms with Crippen molar-refractivity contribution in [1.29, 1.82) is 0 Å². The molecule has 2 aromatic rings. The number of anilines is 2. The number of nitrogens with one attached hydrogen (secondary N) is 1. The summed E-state index contributed by atoms with van der Waals surface area (Å²) < 4.78 is 0. The summed E-state index contributed by atoms with van der Waals surface area (Å²) in [5, 5.41) is 3.37. The second-order valence-corrected chi connectivity index (χ2v) is 6.78. The van der Waals surface area contributed by atoms with E-state index >= 15 is 0 Å². The Hall–Kier alpha value is -2.43. The molecule has 5 nitrogen and oxygen atoms in total. The lowest BCUT2D eigenvalue weighted by atomic mass is 10.1. The average molecular weight is 338 g/mol. The van der Waals surface area contributed by atoms with Crippen LogP contribution >= 0.6 is 0 Å². The van der Waals surface area contributed by atoms with E-state index in [1.54, 1.807) is 6.07 Å². The molecule has 0 aliphatic carbocycles. The molecule has 1 aliphatic rings. The average Bonchev–Trinajstić information content (AvgIpc) is 2.86. The zero-order chi connectivity index (χ0) is 17.8. The van der Waals surface area contributed by atoms with Crippen LogP contribution < -0.4 is 5.32 Å². The quantitative estimate of drug-likeness (QED) is 0.913. The fraction of sp³-hybridized carbons (Fsp3) is 0.450. The van der Waals surface area contributed by atoms with Gasteiger partial charge >= 0.3 is 0 Å². The van der Waals surface area contributed by atoms with Gasteiger partial charge in [0.05, 0.1) is 0 Å². The van der Waals surface area contributed by atoms with Crippen molar-refractivity contribution in [2.24, 2.45) is 0 Å². The van der Waals surface area contributed by atoms with Gasteiger partial charge in [0.1, 0.15) is 17.3 Å². The van der Waals surface area contributed by atoms with E-state index in [1.165, 1.54) is 12.8 Å². The van der Waals surface area contributed by atoms with Gasteiger partial charge in [0, 0.05) is 24.8 Å². The molecule has 1 aromatic heterocycles. The van der Waals surface area contributed by atoms with Crippen LogP contribution in [-0.4, -0.2) is 33.9 Å². The van der Waals surface area contributed by atoms with Crippen molar-refractivity contribution in [3.8, 4) is 0 Å². The molecular weight excluding hydrogens is 312 g/mol. The van der Waals surface area contributed by atoms with Crippen LogP contribution in [-0.2, 0) is 0 Å². The molecule has 1 saturated heterocycles. The minimum Gasteiger partial charge on any atom is -0.340 e. The van der Waals surface area contributed by atoms with E-state index < -0.39 is 0 Å². The molecule has 132 valence electrons. The van der Waals surface area contributed by atoms with Gasteiger partial charge in [0.15, 0.2) is 0 Å². The molecule has 5 heteroatoms. The first-order valence-electron chi connectivity index (χ1n) is 9.03. The van der Waals surface area contributed by atoms with Crippen LogP contribution in [0.3, 0.4) is 0 Å². The number of carbonyl (C=O) groups is 1. The fourth-order valence-electron chi connectivity index (χ4n) is 3.32. The Labute approximate surface area is 149 Å². The molecule has 0 unspecified atom stereocenters. The molecule has 1 N–H and O–H groups in total. The summed E-state index contributed by atoms with van der Waals surface area (Å²) in [5.74, 6) is 1.29. The predicted octanol–water partition coefficient (Wildman–Crippen LogP) is 4.16. The first-order chi connectivity index (χ1) is 12.0. The Bertz CT molecular complexity index is 744. The molecule has 1 fully saturated rings. The number of benzene rings is 1. The van der Waals surface area contributed by atoms with Crippen LogP contribution in [0.5, 0.6) is 0 Å². The number of aromatic nitrogens is 2. The number of aryl methyl sites for hydroxylation is 3. The van der Waals surface area contributed by atoms with Crippen molar-refractivity contribution in [3.05, 3.63) is 46.9 Å². The number of hydrogen-bond donors (Lipinski definition) is 1. The van der Waals surface area contributed by atoms with Gasteiger partial charge in [-0.15, -0.1) is 0 Å². The van der Waals surface area contributed by atoms with Crippen molar-refractivity contribution in [2.75, 3.05) is 18.4 Å². The number of nitrogens with zero attached hydrogens (tertiary/aromatic N) is 3. The molecule has 3 rings (SSSR count). The Kier molecular flexibility index (Phi) is 5.31. The maximum Gasteiger partial charge on any atom is 0.272 e. The van der Waals surface area contributed by atoms with Gasteiger partial charge in [-0.3, -0.25) is 4.79 Å². The van der Waals surface area contributed by atoms with Crippen molar-refractivity contribution < 1.29 is 4.79 Å². The Balaban J connectivity index is 1.86. The molecule has 0 spiro atoms. The SMILES string of the molecule is Cc1nc(Nc2c(C)cccc2C)cc(C(=O)N2CCCCCC2)n1. The summed E-state index contributed by atoms with van der Waals surface area (Å²) in [4.78, 5) is 23.6. The van der Waals surface area contributed by atoms with Crippen LogP contribution in [0.1, 0.15) is 53.1 Å². The van der Waals surface area contributed by atoms with Crippen LogP contribution in [0, 0.1) is 20.8 Å². The largest absolute Gasteiger partial charge is 0.340 e. The third-order valence-corrected chi connectivity index (χ3v) is 4.68. The summed E-state index contributed by atoms with van der Waals surface area (Å²) in [5.41, 5.74) is 3.81. The second kappa shape index (κ2) is 7.64. The molecule has 0 atom stereocenters. The molecule has 0 bridgehead atoms. The van der Waals surface area contributed by atoms with Gasteiger partial charge in [0.25, 0.3) is 5.91 Å². The van der Waals surface area contributed by atoms with E-state index in [1.807, 2.05) is 17.9 Å². The maximum absolute atomic E-state index is 12.9. The minimum absolute atomic E-state index is 0.0111. The summed E-state index contributed by atoms with van der Waals surface area (Å²) in [6, 6.07) is 7.93. The number of hydrogen-bond acceptors (Lipinski definition) is 4. The normalized spacial score (nSPS) is 14.9. The lowest BCUT2D eigenvalue weighted by Crippen LogP contribution is -2.32. The molecule has 0 saturated carbocycles. The smallest absolute Gasteiger partial charge is 0.272 e. The molecule has 1 aromatic carbocycles. The highest BCUT2D eigenvalue weighted by Gasteiger charge is 2.20. The van der Waals surface area contributed by atoms with Gasteiger partial charge in [0.2, 0.25) is 0 Å². The van der Waals surface area contributed by atoms with Crippen LogP contribution in [0.2, 0.25) is 0 Å². The van der Waals surface area contributed by atoms with Gasteiger partial charge in [-0.25, -0.2) is 9.97 Å². The molecule has 2 heterocycles. The summed E-state index contributed by atoms with van der Waals surface area (Å²) in [7, 11) is 0. The third kappa shape index (κ3) is 4.16. The standard InChI is InChI=1S/C20H26N4O/c1-14-9-8-10-15(2)19(14)23-18-13-17(21-16(3)22-18)20(25)24-11-6-4-5-7-12-24/h8-10,13H,4-7,11-12H2,1-3H3,(H,21,22,23). The Morgan fingerprint density at radius 3 is 2.28 bits per heavy atom. The number of para-hydroxylation sites is 1. The van der Waals surface area contributed by atoms with E-state index in [9.17, 15) is 4.79 Å². The Morgan fingerprint density at radius 2 is 1.64 bits per heavy atom. The highest BCUT2D eigenvalue weighted by molar-refractivity contribution is 5.93. The maximum atomic E-state index is 12.9. The molecule has 0 radical (unpaired) electrons. The van der Waals surface area contributed by atoms with E-state index in [2.05, 4.69) is 41.3 Å². The highest BCUT2D eigenvalue weighted by atomic mass is 16.2. The van der Waals surface area contributed by atoms with Crippen molar-refractivity contribution in [2.45, 2.75) is 46.5 Å². The fourth-order valence-corrected chi connectivity index (χ4v) is 3.32. The number of rotatable bonds is 3. The molecule has 1 aliphatic heterocycles. The van der Waals surface area contributed by atoms with E-state index in [0.717, 1.165) is 42.7 Å². The predicted molar refractivity (Wildman–Crippen MR) is 100 cm³/mol. The van der Waals surface area contributed by atoms with Gasteiger partial charge in [-0.05, 0) is 44.7 Å². The zero-order valence-electron chi connectivity index (χ0n) is 15.3. The van der Waals surface area contributed by atoms with Crippen LogP contribution in [0.15, 0.2) is 24.3 Å². The summed E-state index contributed by atoms with van der Waals surface area (Å²) in [6.45, 7) is 7.59. The monoisotopic (exact) mass is 338 g/mol. The van der Waals surface area contributed by atoms with E-state index in [0.29, 0.717) is 17.3 Å². The van der Waals surface area contributed by atoms with Gasteiger partial charge in [-0.2, -0.15) is 0 Å². The summed E-state index contributed by atoms with van der Waals surface area (Å²) >= 11 is 0. The van der Waals surface area contributed by atoms with Crippen LogP contribution in [0.4, 0.5) is 11.5 Å². The molecular formula is C20H26N4O. The number of likely N-dealkylation sites (tertiary alicyclic amines) is 1.